The van der Waals surface area contributed by atoms with E-state index in [0.717, 1.165) is 34.1 Å². The van der Waals surface area contributed by atoms with Crippen LogP contribution in [0.4, 0.5) is 0 Å². The molecule has 0 fully saturated rings. The zero-order valence-electron chi connectivity index (χ0n) is 18.8. The van der Waals surface area contributed by atoms with Crippen LogP contribution in [0, 0.1) is 7.14 Å². The Morgan fingerprint density at radius 2 is 1.20 bits per heavy atom. The maximum atomic E-state index is 13.9. The van der Waals surface area contributed by atoms with Crippen LogP contribution < -0.4 is 25.0 Å². The van der Waals surface area contributed by atoms with Crippen molar-refractivity contribution >= 4 is 42.4 Å². The van der Waals surface area contributed by atoms with Gasteiger partial charge < -0.3 is 4.74 Å². The highest BCUT2D eigenvalue weighted by atomic mass is 127. The number of rotatable bonds is 6. The van der Waals surface area contributed by atoms with Gasteiger partial charge in [0.1, 0.15) is 10.6 Å². The average Bonchev–Trinajstić information content (AvgIpc) is 2.91. The van der Waals surface area contributed by atoms with Crippen LogP contribution in [0.3, 0.4) is 0 Å². The van der Waals surface area contributed by atoms with Gasteiger partial charge in [0, 0.05) is 5.39 Å². The third-order valence-electron chi connectivity index (χ3n) is 6.08. The highest BCUT2D eigenvalue weighted by Crippen LogP contribution is 2.37. The second-order valence-corrected chi connectivity index (χ2v) is 14.6. The predicted octanol–water partition coefficient (Wildman–Crippen LogP) is 3.58. The van der Waals surface area contributed by atoms with Crippen LogP contribution in [-0.2, 0) is 12.6 Å². The quantitative estimate of drug-likeness (QED) is 0.219. The summed E-state index contributed by atoms with van der Waals surface area (Å²) in [5, 5.41) is 5.91. The van der Waals surface area contributed by atoms with E-state index < -0.39 is 30.4 Å². The van der Waals surface area contributed by atoms with Crippen LogP contribution in [-0.4, -0.2) is 15.5 Å². The summed E-state index contributed by atoms with van der Waals surface area (Å²) >= 11 is -2.80. The predicted molar refractivity (Wildman–Crippen MR) is 135 cm³/mol. The fraction of sp³-hybridized carbons (Fsp3) is 0.0345. The molecule has 0 aliphatic carbocycles. The highest BCUT2D eigenvalue weighted by Gasteiger charge is 2.38. The summed E-state index contributed by atoms with van der Waals surface area (Å²) in [5.74, 6) is 0.715. The third kappa shape index (κ3) is 3.91. The summed E-state index contributed by atoms with van der Waals surface area (Å²) in [7, 11) is -2.45. The lowest BCUT2D eigenvalue weighted by Gasteiger charge is -2.13. The molecule has 0 bridgehead atoms. The Morgan fingerprint density at radius 1 is 0.600 bits per heavy atom. The lowest BCUT2D eigenvalue weighted by atomic mass is 9.94. The first-order valence-corrected chi connectivity index (χ1v) is 15.5. The molecule has 6 heteroatoms. The van der Waals surface area contributed by atoms with Gasteiger partial charge in [-0.2, -0.15) is 8.42 Å². The smallest absolute Gasteiger partial charge is 0.336 e. The normalized spacial score (nSPS) is 12.2. The Morgan fingerprint density at radius 3 is 1.89 bits per heavy atom. The van der Waals surface area contributed by atoms with Crippen molar-refractivity contribution in [3.63, 3.8) is 0 Å². The van der Waals surface area contributed by atoms with E-state index in [4.69, 9.17) is 7.25 Å². The summed E-state index contributed by atoms with van der Waals surface area (Å²) in [6, 6.07) is 34.8. The Kier molecular flexibility index (Phi) is 5.59. The largest absolute Gasteiger partial charge is 0.497 e. The van der Waals surface area contributed by atoms with Gasteiger partial charge in [-0.15, -0.1) is 0 Å². The summed E-state index contributed by atoms with van der Waals surface area (Å²) in [5.41, 5.74) is 0. The minimum absolute atomic E-state index is 0.204. The van der Waals surface area contributed by atoms with Crippen molar-refractivity contribution < 1.29 is 35.9 Å². The van der Waals surface area contributed by atoms with Gasteiger partial charge in [0.05, 0.1) is 7.11 Å². The minimum atomic E-state index is -4.06. The van der Waals surface area contributed by atoms with E-state index in [1.165, 1.54) is 0 Å². The van der Waals surface area contributed by atoms with Crippen LogP contribution >= 0.6 is 0 Å². The van der Waals surface area contributed by atoms with E-state index >= 15 is 0 Å². The molecular formula is C29H21IO4S+. The Bertz CT molecular complexity index is 1750. The third-order valence-corrected chi connectivity index (χ3v) is 13.5. The highest BCUT2D eigenvalue weighted by molar-refractivity contribution is 7.86. The molecule has 173 valence electrons. The number of hydrogen-bond acceptors (Lipinski definition) is 4. The molecule has 35 heavy (non-hydrogen) atoms. The average molecular weight is 592 g/mol. The van der Waals surface area contributed by atoms with Crippen LogP contribution in [0.1, 0.15) is 0 Å². The topological polar surface area (TPSA) is 52.6 Å². The lowest BCUT2D eigenvalue weighted by Crippen LogP contribution is -3.85. The monoisotopic (exact) mass is 592 g/mol. The van der Waals surface area contributed by atoms with Crippen LogP contribution in [0.15, 0.2) is 114 Å². The van der Waals surface area contributed by atoms with Gasteiger partial charge in [-0.25, -0.2) is 0 Å². The van der Waals surface area contributed by atoms with E-state index in [2.05, 4.69) is 18.2 Å². The summed E-state index contributed by atoms with van der Waals surface area (Å²) < 4.78 is 40.9. The molecule has 0 saturated heterocycles. The van der Waals surface area contributed by atoms with Gasteiger partial charge in [0.25, 0.3) is 0 Å². The van der Waals surface area contributed by atoms with Gasteiger partial charge in [-0.05, 0) is 71.9 Å². The molecule has 0 heterocycles. The van der Waals surface area contributed by atoms with Crippen molar-refractivity contribution in [1.82, 2.24) is 0 Å². The molecule has 0 aliphatic rings. The second-order valence-electron chi connectivity index (χ2n) is 8.14. The van der Waals surface area contributed by atoms with E-state index in [1.54, 1.807) is 13.2 Å². The summed E-state index contributed by atoms with van der Waals surface area (Å²) in [6.45, 7) is 0. The van der Waals surface area contributed by atoms with Crippen molar-refractivity contribution in [3.05, 3.63) is 116 Å². The molecule has 0 saturated carbocycles. The minimum Gasteiger partial charge on any atom is -0.497 e. The summed E-state index contributed by atoms with van der Waals surface area (Å²) in [6.07, 6.45) is 0. The van der Waals surface area contributed by atoms with Gasteiger partial charge >= 0.3 is 30.4 Å². The maximum Gasteiger partial charge on any atom is 0.336 e. The Balaban J connectivity index is 1.51. The zero-order valence-corrected chi connectivity index (χ0v) is 21.8. The van der Waals surface area contributed by atoms with Crippen molar-refractivity contribution in [1.29, 1.82) is 0 Å². The number of ether oxygens (including phenoxy) is 1. The van der Waals surface area contributed by atoms with Gasteiger partial charge in [-0.1, -0.05) is 66.7 Å². The van der Waals surface area contributed by atoms with E-state index in [-0.39, 0.29) is 4.90 Å². The molecule has 1 radical (unpaired) electrons. The fourth-order valence-electron chi connectivity index (χ4n) is 4.46. The molecule has 0 spiro atoms. The summed E-state index contributed by atoms with van der Waals surface area (Å²) in [4.78, 5) is 0.204. The maximum absolute atomic E-state index is 13.9. The van der Waals surface area contributed by atoms with Crippen molar-refractivity contribution in [3.8, 4) is 5.75 Å². The molecule has 0 atom stereocenters. The number of methoxy groups -OCH3 is 1. The zero-order chi connectivity index (χ0) is 24.0. The van der Waals surface area contributed by atoms with Gasteiger partial charge in [-0.3, -0.25) is 0 Å². The first-order valence-electron chi connectivity index (χ1n) is 11.1. The molecule has 0 unspecified atom stereocenters. The molecule has 0 N–H and O–H groups in total. The molecule has 0 aliphatic heterocycles. The standard InChI is InChI=1S/C29H21IO4S/c1-33-25-16-14-24(15-17-25)30(23-8-3-2-4-9-23)34-35(31,32)27-19-13-22-11-10-20-6-5-7-21-12-18-26(27)29(22)28(20)21/h2-19H,1H3/q+1. The number of benzene rings is 6. The van der Waals surface area contributed by atoms with E-state index in [0.29, 0.717) is 11.1 Å². The van der Waals surface area contributed by atoms with Crippen LogP contribution in [0.25, 0.3) is 32.3 Å². The fourth-order valence-corrected chi connectivity index (χ4v) is 11.6. The molecule has 0 amide bonds. The first kappa shape index (κ1) is 22.3. The first-order chi connectivity index (χ1) is 17.0. The molecule has 6 aromatic carbocycles. The van der Waals surface area contributed by atoms with Crippen molar-refractivity contribution in [2.45, 2.75) is 4.90 Å². The van der Waals surface area contributed by atoms with Gasteiger partial charge in [0.2, 0.25) is 0 Å². The lowest BCUT2D eigenvalue weighted by molar-refractivity contribution is -1.03. The van der Waals surface area contributed by atoms with Crippen molar-refractivity contribution in [2.75, 3.05) is 7.11 Å². The van der Waals surface area contributed by atoms with E-state index in [9.17, 15) is 8.42 Å². The van der Waals surface area contributed by atoms with Crippen LogP contribution in [0.2, 0.25) is 0 Å². The van der Waals surface area contributed by atoms with Crippen molar-refractivity contribution in [2.24, 2.45) is 0 Å². The molecule has 6 rings (SSSR count). The van der Waals surface area contributed by atoms with E-state index in [1.807, 2.05) is 84.9 Å². The van der Waals surface area contributed by atoms with Crippen LogP contribution in [0.5, 0.6) is 5.75 Å². The SMILES string of the molecule is COc1ccc([I+](OS(=O)(=O)c2ccc3ccc4cccc5ccc2c3c45)c2ccccc2)cc1. The second kappa shape index (κ2) is 8.78. The Labute approximate surface area is 211 Å². The molecular weight excluding hydrogens is 571 g/mol. The van der Waals surface area contributed by atoms with Gasteiger partial charge in [0.15, 0.2) is 7.14 Å². The molecule has 0 aromatic heterocycles. The molecule has 4 nitrogen and oxygen atoms in total. The number of hydrogen-bond donors (Lipinski definition) is 0. The molecule has 6 aromatic rings. The Hall–Kier alpha value is -3.20. The number of halogens is 1.